The Morgan fingerprint density at radius 1 is 1.20 bits per heavy atom. The molecule has 2 aromatic carbocycles. The highest BCUT2D eigenvalue weighted by atomic mass is 79.9. The van der Waals surface area contributed by atoms with Crippen molar-refractivity contribution in [1.29, 1.82) is 0 Å². The standard InChI is InChI=1S/C23H22BrF4NO/c1-13-8-16(4-5-19(13)25)20(15-2-3-15)29-21(30)17-9-14(12-24)10-18(11-17)22(6-7-22)23(26,27)28/h4-5,8-11,15,20H,2-3,6-7,12H2,1H3,(H,29,30)/t20-/m0/s1. The number of nitrogens with one attached hydrogen (secondary N) is 1. The molecule has 2 saturated carbocycles. The molecule has 0 aromatic heterocycles. The number of alkyl halides is 4. The van der Waals surface area contributed by atoms with Crippen molar-refractivity contribution in [2.45, 2.75) is 55.6 Å². The van der Waals surface area contributed by atoms with E-state index in [0.29, 0.717) is 16.5 Å². The molecule has 2 aliphatic carbocycles. The van der Waals surface area contributed by atoms with Gasteiger partial charge in [0.15, 0.2) is 0 Å². The van der Waals surface area contributed by atoms with E-state index in [-0.39, 0.29) is 41.7 Å². The molecule has 0 bridgehead atoms. The van der Waals surface area contributed by atoms with Gasteiger partial charge in [0.2, 0.25) is 0 Å². The highest BCUT2D eigenvalue weighted by Gasteiger charge is 2.64. The van der Waals surface area contributed by atoms with Crippen molar-refractivity contribution in [3.63, 3.8) is 0 Å². The number of hydrogen-bond acceptors (Lipinski definition) is 1. The number of carbonyl (C=O) groups excluding carboxylic acids is 1. The topological polar surface area (TPSA) is 29.1 Å². The molecule has 2 nitrogen and oxygen atoms in total. The smallest absolute Gasteiger partial charge is 0.345 e. The van der Waals surface area contributed by atoms with E-state index < -0.39 is 17.5 Å². The molecule has 2 aromatic rings. The third-order valence-corrected chi connectivity index (χ3v) is 6.82. The molecule has 2 aliphatic rings. The molecule has 0 saturated heterocycles. The molecule has 0 spiro atoms. The molecule has 1 atom stereocenters. The first-order valence-corrected chi connectivity index (χ1v) is 11.1. The molecule has 1 amide bonds. The minimum atomic E-state index is -4.34. The maximum atomic E-state index is 13.7. The molecular weight excluding hydrogens is 462 g/mol. The van der Waals surface area contributed by atoms with Gasteiger partial charge in [0.1, 0.15) is 5.82 Å². The lowest BCUT2D eigenvalue weighted by Crippen LogP contribution is -2.32. The first-order valence-electron chi connectivity index (χ1n) is 9.99. The van der Waals surface area contributed by atoms with Gasteiger partial charge < -0.3 is 5.32 Å². The summed E-state index contributed by atoms with van der Waals surface area (Å²) in [5.74, 6) is -0.463. The molecule has 0 radical (unpaired) electrons. The van der Waals surface area contributed by atoms with E-state index in [0.717, 1.165) is 18.4 Å². The van der Waals surface area contributed by atoms with Crippen molar-refractivity contribution in [2.75, 3.05) is 0 Å². The first-order chi connectivity index (χ1) is 14.1. The molecule has 0 aliphatic heterocycles. The van der Waals surface area contributed by atoms with E-state index in [1.807, 2.05) is 0 Å². The van der Waals surface area contributed by atoms with Gasteiger partial charge in [0.05, 0.1) is 11.5 Å². The van der Waals surface area contributed by atoms with Crippen LogP contribution in [-0.4, -0.2) is 12.1 Å². The summed E-state index contributed by atoms with van der Waals surface area (Å²) in [7, 11) is 0. The van der Waals surface area contributed by atoms with Crippen LogP contribution in [0.4, 0.5) is 17.6 Å². The Morgan fingerprint density at radius 3 is 2.43 bits per heavy atom. The summed E-state index contributed by atoms with van der Waals surface area (Å²) in [5, 5.41) is 3.35. The zero-order valence-electron chi connectivity index (χ0n) is 16.5. The number of hydrogen-bond donors (Lipinski definition) is 1. The van der Waals surface area contributed by atoms with E-state index >= 15 is 0 Å². The van der Waals surface area contributed by atoms with Crippen LogP contribution in [0.15, 0.2) is 36.4 Å². The van der Waals surface area contributed by atoms with Crippen LogP contribution in [-0.2, 0) is 10.7 Å². The van der Waals surface area contributed by atoms with Gasteiger partial charge in [-0.2, -0.15) is 13.2 Å². The predicted octanol–water partition coefficient (Wildman–Crippen LogP) is 6.50. The Hall–Kier alpha value is -1.89. The van der Waals surface area contributed by atoms with Gasteiger partial charge in [-0.05, 0) is 79.0 Å². The van der Waals surface area contributed by atoms with Crippen molar-refractivity contribution in [3.8, 4) is 0 Å². The zero-order valence-corrected chi connectivity index (χ0v) is 18.0. The van der Waals surface area contributed by atoms with Gasteiger partial charge in [-0.25, -0.2) is 4.39 Å². The summed E-state index contributed by atoms with van der Waals surface area (Å²) in [6.45, 7) is 1.67. The molecule has 0 unspecified atom stereocenters. The van der Waals surface area contributed by atoms with E-state index in [1.54, 1.807) is 25.1 Å². The van der Waals surface area contributed by atoms with Crippen molar-refractivity contribution >= 4 is 21.8 Å². The molecule has 30 heavy (non-hydrogen) atoms. The minimum absolute atomic E-state index is 0.0445. The molecular formula is C23H22BrF4NO. The fourth-order valence-corrected chi connectivity index (χ4v) is 4.35. The summed E-state index contributed by atoms with van der Waals surface area (Å²) >= 11 is 3.30. The second kappa shape index (κ2) is 7.66. The van der Waals surface area contributed by atoms with E-state index in [9.17, 15) is 22.4 Å². The Kier molecular flexibility index (Phi) is 5.45. The van der Waals surface area contributed by atoms with Gasteiger partial charge in [-0.3, -0.25) is 4.79 Å². The molecule has 4 rings (SSSR count). The Bertz CT molecular complexity index is 980. The summed E-state index contributed by atoms with van der Waals surface area (Å²) in [4.78, 5) is 13.0. The highest BCUT2D eigenvalue weighted by Crippen LogP contribution is 2.59. The second-order valence-corrected chi connectivity index (χ2v) is 8.99. The molecule has 160 valence electrons. The lowest BCUT2D eigenvalue weighted by Gasteiger charge is -2.23. The number of benzene rings is 2. The van der Waals surface area contributed by atoms with Crippen LogP contribution in [0.25, 0.3) is 0 Å². The normalized spacial score (nSPS) is 18.7. The number of halogens is 5. The Balaban J connectivity index is 1.64. The predicted molar refractivity (Wildman–Crippen MR) is 110 cm³/mol. The third kappa shape index (κ3) is 4.01. The summed E-state index contributed by atoms with van der Waals surface area (Å²) < 4.78 is 54.5. The van der Waals surface area contributed by atoms with E-state index in [2.05, 4.69) is 21.2 Å². The van der Waals surface area contributed by atoms with Crippen LogP contribution < -0.4 is 5.32 Å². The third-order valence-electron chi connectivity index (χ3n) is 6.18. The number of carbonyl (C=O) groups is 1. The van der Waals surface area contributed by atoms with Crippen LogP contribution in [0.3, 0.4) is 0 Å². The molecule has 0 heterocycles. The number of amides is 1. The fraction of sp³-hybridized carbons (Fsp3) is 0.435. The van der Waals surface area contributed by atoms with Gasteiger partial charge in [-0.15, -0.1) is 0 Å². The summed E-state index contributed by atoms with van der Waals surface area (Å²) in [6, 6.07) is 9.02. The van der Waals surface area contributed by atoms with Crippen LogP contribution in [0, 0.1) is 18.7 Å². The van der Waals surface area contributed by atoms with Gasteiger partial charge >= 0.3 is 6.18 Å². The van der Waals surface area contributed by atoms with E-state index in [1.165, 1.54) is 18.2 Å². The number of rotatable bonds is 6. The van der Waals surface area contributed by atoms with Crippen LogP contribution >= 0.6 is 15.9 Å². The Morgan fingerprint density at radius 2 is 1.90 bits per heavy atom. The van der Waals surface area contributed by atoms with Crippen molar-refractivity contribution in [1.82, 2.24) is 5.32 Å². The summed E-state index contributed by atoms with van der Waals surface area (Å²) in [5.41, 5.74) is 0.477. The van der Waals surface area contributed by atoms with Crippen LogP contribution in [0.1, 0.15) is 64.3 Å². The maximum Gasteiger partial charge on any atom is 0.398 e. The summed E-state index contributed by atoms with van der Waals surface area (Å²) in [6.07, 6.45) is -2.35. The first kappa shape index (κ1) is 21.3. The zero-order chi connectivity index (χ0) is 21.7. The molecule has 1 N–H and O–H groups in total. The average Bonchev–Trinajstić information content (AvgIpc) is 3.60. The van der Waals surface area contributed by atoms with Crippen LogP contribution in [0.5, 0.6) is 0 Å². The lowest BCUT2D eigenvalue weighted by molar-refractivity contribution is -0.160. The quantitative estimate of drug-likeness (QED) is 0.368. The largest absolute Gasteiger partial charge is 0.398 e. The van der Waals surface area contributed by atoms with Gasteiger partial charge in [0.25, 0.3) is 5.91 Å². The van der Waals surface area contributed by atoms with Crippen molar-refractivity contribution in [3.05, 3.63) is 70.0 Å². The van der Waals surface area contributed by atoms with Gasteiger partial charge in [-0.1, -0.05) is 34.1 Å². The highest BCUT2D eigenvalue weighted by molar-refractivity contribution is 9.08. The molecule has 2 fully saturated rings. The monoisotopic (exact) mass is 483 g/mol. The van der Waals surface area contributed by atoms with Crippen molar-refractivity contribution in [2.24, 2.45) is 5.92 Å². The van der Waals surface area contributed by atoms with Crippen molar-refractivity contribution < 1.29 is 22.4 Å². The van der Waals surface area contributed by atoms with Gasteiger partial charge in [0, 0.05) is 10.9 Å². The average molecular weight is 484 g/mol. The Labute approximate surface area is 181 Å². The molecule has 7 heteroatoms. The van der Waals surface area contributed by atoms with Crippen LogP contribution in [0.2, 0.25) is 0 Å². The SMILES string of the molecule is Cc1cc([C@@H](NC(=O)c2cc(CBr)cc(C3(C(F)(F)F)CC3)c2)C2CC2)ccc1F. The lowest BCUT2D eigenvalue weighted by atomic mass is 9.91. The maximum absolute atomic E-state index is 13.7. The second-order valence-electron chi connectivity index (χ2n) is 8.43. The number of aryl methyl sites for hydroxylation is 1. The fourth-order valence-electron chi connectivity index (χ4n) is 4.03. The van der Waals surface area contributed by atoms with E-state index in [4.69, 9.17) is 0 Å². The minimum Gasteiger partial charge on any atom is -0.345 e.